The summed E-state index contributed by atoms with van der Waals surface area (Å²) in [5.74, 6) is 1.51. The molecule has 2 amide bonds. The summed E-state index contributed by atoms with van der Waals surface area (Å²) in [5.41, 5.74) is 0. The second-order valence-electron chi connectivity index (χ2n) is 6.19. The van der Waals surface area contributed by atoms with E-state index in [2.05, 4.69) is 10.6 Å². The molecule has 0 spiro atoms. The van der Waals surface area contributed by atoms with Gasteiger partial charge in [-0.15, -0.1) is 0 Å². The van der Waals surface area contributed by atoms with E-state index in [0.29, 0.717) is 11.8 Å². The zero-order chi connectivity index (χ0) is 13.7. The third-order valence-corrected chi connectivity index (χ3v) is 5.07. The number of fused-ring (bicyclic) bond motifs is 5. The Morgan fingerprint density at radius 2 is 1.79 bits per heavy atom. The number of carboxylic acids is 1. The normalized spacial score (nSPS) is 41.3. The molecule has 19 heavy (non-hydrogen) atoms. The van der Waals surface area contributed by atoms with Crippen LogP contribution >= 0.6 is 0 Å². The van der Waals surface area contributed by atoms with Crippen molar-refractivity contribution in [3.8, 4) is 0 Å². The maximum absolute atomic E-state index is 11.8. The van der Waals surface area contributed by atoms with Gasteiger partial charge in [-0.3, -0.25) is 0 Å². The van der Waals surface area contributed by atoms with Gasteiger partial charge in [-0.2, -0.15) is 0 Å². The number of hydrogen-bond donors (Lipinski definition) is 4. The van der Waals surface area contributed by atoms with Crippen LogP contribution in [0.4, 0.5) is 4.79 Å². The van der Waals surface area contributed by atoms with Gasteiger partial charge in [0.1, 0.15) is 0 Å². The quantitative estimate of drug-likeness (QED) is 0.584. The lowest BCUT2D eigenvalue weighted by molar-refractivity contribution is -0.141. The van der Waals surface area contributed by atoms with Crippen molar-refractivity contribution in [2.45, 2.75) is 44.4 Å². The van der Waals surface area contributed by atoms with Gasteiger partial charge in [0.05, 0.1) is 6.10 Å². The first-order chi connectivity index (χ1) is 8.99. The number of nitrogens with one attached hydrogen (secondary N) is 2. The van der Waals surface area contributed by atoms with E-state index in [1.165, 1.54) is 26.2 Å². The van der Waals surface area contributed by atoms with Crippen molar-refractivity contribution >= 4 is 12.0 Å². The number of urea groups is 1. The first-order valence-corrected chi connectivity index (χ1v) is 6.97. The number of carboxylic acid groups (broad SMARTS) is 1. The molecule has 0 aliphatic heterocycles. The molecule has 0 saturated heterocycles. The number of rotatable bonds is 4. The Bertz CT molecular complexity index is 395. The molecule has 6 nitrogen and oxygen atoms in total. The van der Waals surface area contributed by atoms with Gasteiger partial charge < -0.3 is 20.8 Å². The molecule has 3 rings (SSSR count). The molecule has 0 aromatic rings. The summed E-state index contributed by atoms with van der Waals surface area (Å²) in [6.45, 7) is 1.35. The molecule has 3 saturated carbocycles. The van der Waals surface area contributed by atoms with E-state index in [1.54, 1.807) is 0 Å². The fraction of sp³-hybridized carbons (Fsp3) is 0.846. The van der Waals surface area contributed by atoms with E-state index in [9.17, 15) is 14.7 Å². The van der Waals surface area contributed by atoms with Crippen molar-refractivity contribution in [2.24, 2.45) is 23.7 Å². The minimum Gasteiger partial charge on any atom is -0.480 e. The van der Waals surface area contributed by atoms with Crippen LogP contribution in [0.2, 0.25) is 0 Å². The second kappa shape index (κ2) is 4.37. The number of carbonyl (C=O) groups excluding carboxylic acids is 1. The van der Waals surface area contributed by atoms with Crippen molar-refractivity contribution in [3.05, 3.63) is 0 Å². The summed E-state index contributed by atoms with van der Waals surface area (Å²) in [5, 5.41) is 23.4. The number of hydrogen-bond acceptors (Lipinski definition) is 3. The fourth-order valence-electron chi connectivity index (χ4n) is 4.24. The van der Waals surface area contributed by atoms with Crippen LogP contribution in [0.5, 0.6) is 0 Å². The van der Waals surface area contributed by atoms with Crippen LogP contribution < -0.4 is 10.6 Å². The standard InChI is InChI=1S/C13H20N2O4/c1-5(16)10(12(17)18)14-13(19)15-11-8-6-2-3-7(4-6)9(8)11/h5-11,16H,2-4H2,1H3,(H,17,18)(H2,14,15,19). The van der Waals surface area contributed by atoms with E-state index < -0.39 is 24.1 Å². The summed E-state index contributed by atoms with van der Waals surface area (Å²) in [6.07, 6.45) is 2.74. The highest BCUT2D eigenvalue weighted by atomic mass is 16.4. The molecule has 3 aliphatic carbocycles. The van der Waals surface area contributed by atoms with Crippen molar-refractivity contribution in [1.29, 1.82) is 0 Å². The molecule has 6 atom stereocenters. The van der Waals surface area contributed by atoms with E-state index in [0.717, 1.165) is 11.8 Å². The lowest BCUT2D eigenvalue weighted by atomic mass is 10.0. The third kappa shape index (κ3) is 2.08. The minimum atomic E-state index is -1.25. The van der Waals surface area contributed by atoms with Crippen LogP contribution in [0.15, 0.2) is 0 Å². The molecule has 3 fully saturated rings. The Morgan fingerprint density at radius 1 is 1.21 bits per heavy atom. The largest absolute Gasteiger partial charge is 0.480 e. The van der Waals surface area contributed by atoms with Crippen molar-refractivity contribution in [2.75, 3.05) is 0 Å². The van der Waals surface area contributed by atoms with Crippen LogP contribution in [-0.2, 0) is 4.79 Å². The summed E-state index contributed by atoms with van der Waals surface area (Å²) in [4.78, 5) is 22.7. The fourth-order valence-corrected chi connectivity index (χ4v) is 4.24. The summed E-state index contributed by atoms with van der Waals surface area (Å²) in [7, 11) is 0. The van der Waals surface area contributed by atoms with Gasteiger partial charge >= 0.3 is 12.0 Å². The number of aliphatic carboxylic acids is 1. The topological polar surface area (TPSA) is 98.7 Å². The van der Waals surface area contributed by atoms with Gasteiger partial charge in [-0.1, -0.05) is 0 Å². The Hall–Kier alpha value is -1.30. The lowest BCUT2D eigenvalue weighted by Crippen LogP contribution is -2.52. The Morgan fingerprint density at radius 3 is 2.26 bits per heavy atom. The molecule has 6 unspecified atom stereocenters. The molecule has 3 aliphatic rings. The predicted octanol–water partition coefficient (Wildman–Crippen LogP) is 0.164. The van der Waals surface area contributed by atoms with Crippen molar-refractivity contribution in [3.63, 3.8) is 0 Å². The van der Waals surface area contributed by atoms with Crippen LogP contribution in [0, 0.1) is 23.7 Å². The highest BCUT2D eigenvalue weighted by Crippen LogP contribution is 2.65. The third-order valence-electron chi connectivity index (χ3n) is 5.07. The molecule has 0 radical (unpaired) electrons. The van der Waals surface area contributed by atoms with Crippen LogP contribution in [-0.4, -0.2) is 40.4 Å². The maximum Gasteiger partial charge on any atom is 0.328 e. The Labute approximate surface area is 111 Å². The van der Waals surface area contributed by atoms with Gasteiger partial charge in [-0.05, 0) is 49.9 Å². The summed E-state index contributed by atoms with van der Waals surface area (Å²) in [6, 6.07) is -1.52. The summed E-state index contributed by atoms with van der Waals surface area (Å²) >= 11 is 0. The number of amides is 2. The number of carbonyl (C=O) groups is 2. The van der Waals surface area contributed by atoms with Crippen molar-refractivity contribution in [1.82, 2.24) is 10.6 Å². The van der Waals surface area contributed by atoms with Gasteiger partial charge in [0.15, 0.2) is 6.04 Å². The second-order valence-corrected chi connectivity index (χ2v) is 6.19. The van der Waals surface area contributed by atoms with Crippen molar-refractivity contribution < 1.29 is 19.8 Å². The summed E-state index contributed by atoms with van der Waals surface area (Å²) < 4.78 is 0. The van der Waals surface area contributed by atoms with Crippen LogP contribution in [0.1, 0.15) is 26.2 Å². The molecular weight excluding hydrogens is 248 g/mol. The zero-order valence-corrected chi connectivity index (χ0v) is 10.9. The average Bonchev–Trinajstić information content (AvgIpc) is 2.72. The molecule has 4 N–H and O–H groups in total. The van der Waals surface area contributed by atoms with E-state index in [1.807, 2.05) is 0 Å². The minimum absolute atomic E-state index is 0.217. The van der Waals surface area contributed by atoms with Crippen LogP contribution in [0.3, 0.4) is 0 Å². The Kier molecular flexibility index (Phi) is 2.92. The smallest absolute Gasteiger partial charge is 0.328 e. The Balaban J connectivity index is 1.52. The molecule has 6 heteroatoms. The van der Waals surface area contributed by atoms with E-state index in [-0.39, 0.29) is 6.04 Å². The first-order valence-electron chi connectivity index (χ1n) is 6.97. The van der Waals surface area contributed by atoms with Gasteiger partial charge in [0, 0.05) is 6.04 Å². The van der Waals surface area contributed by atoms with Crippen LogP contribution in [0.25, 0.3) is 0 Å². The monoisotopic (exact) mass is 268 g/mol. The molecule has 2 bridgehead atoms. The molecule has 0 heterocycles. The molecule has 0 aromatic carbocycles. The highest BCUT2D eigenvalue weighted by Gasteiger charge is 2.65. The molecule has 106 valence electrons. The predicted molar refractivity (Wildman–Crippen MR) is 66.4 cm³/mol. The maximum atomic E-state index is 11.8. The SMILES string of the molecule is CC(O)C(NC(=O)NC1C2C3CCC(C3)C12)C(=O)O. The lowest BCUT2D eigenvalue weighted by Gasteiger charge is -2.18. The number of aliphatic hydroxyl groups excluding tert-OH is 1. The average molecular weight is 268 g/mol. The highest BCUT2D eigenvalue weighted by molar-refractivity contribution is 5.83. The van der Waals surface area contributed by atoms with E-state index in [4.69, 9.17) is 5.11 Å². The zero-order valence-electron chi connectivity index (χ0n) is 10.9. The number of aliphatic hydroxyl groups is 1. The van der Waals surface area contributed by atoms with Gasteiger partial charge in [0.25, 0.3) is 0 Å². The molecular formula is C13H20N2O4. The van der Waals surface area contributed by atoms with Gasteiger partial charge in [-0.25, -0.2) is 9.59 Å². The van der Waals surface area contributed by atoms with Gasteiger partial charge in [0.2, 0.25) is 0 Å². The van der Waals surface area contributed by atoms with E-state index >= 15 is 0 Å². The molecule has 0 aromatic heterocycles. The first kappa shape index (κ1) is 12.7.